The number of carbonyl (C=O) groups excluding carboxylic acids is 1. The lowest BCUT2D eigenvalue weighted by molar-refractivity contribution is -0.302. The van der Waals surface area contributed by atoms with Gasteiger partial charge in [-0.2, -0.15) is 0 Å². The van der Waals surface area contributed by atoms with Gasteiger partial charge in [0, 0.05) is 6.42 Å². The molecule has 1 rings (SSSR count). The first kappa shape index (κ1) is 73.7. The van der Waals surface area contributed by atoms with E-state index < -0.39 is 49.5 Å². The summed E-state index contributed by atoms with van der Waals surface area (Å²) in [4.78, 5) is 13.1. The number of aliphatic hydroxyl groups is 5. The molecule has 0 spiro atoms. The van der Waals surface area contributed by atoms with E-state index in [9.17, 15) is 30.3 Å². The summed E-state index contributed by atoms with van der Waals surface area (Å²) < 4.78 is 11.4. The summed E-state index contributed by atoms with van der Waals surface area (Å²) >= 11 is 0. The number of ether oxygens (including phenoxy) is 2. The van der Waals surface area contributed by atoms with Gasteiger partial charge >= 0.3 is 0 Å². The Hall–Kier alpha value is -1.33. The summed E-state index contributed by atoms with van der Waals surface area (Å²) in [7, 11) is 0. The molecule has 9 nitrogen and oxygen atoms in total. The minimum absolute atomic E-state index is 0.133. The lowest BCUT2D eigenvalue weighted by atomic mass is 9.99. The highest BCUT2D eigenvalue weighted by Gasteiger charge is 2.44. The van der Waals surface area contributed by atoms with Crippen molar-refractivity contribution in [1.29, 1.82) is 0 Å². The van der Waals surface area contributed by atoms with Crippen molar-refractivity contribution in [3.05, 3.63) is 24.3 Å². The number of hydrogen-bond donors (Lipinski definition) is 6. The fourth-order valence-corrected chi connectivity index (χ4v) is 11.2. The molecule has 1 heterocycles. The number of carbonyl (C=O) groups is 1. The molecular formula is C68H131NO8. The van der Waals surface area contributed by atoms with Crippen molar-refractivity contribution in [2.45, 2.75) is 391 Å². The van der Waals surface area contributed by atoms with Crippen LogP contribution in [-0.2, 0) is 14.3 Å². The summed E-state index contributed by atoms with van der Waals surface area (Å²) in [6.45, 7) is 3.89. The number of amides is 1. The average Bonchev–Trinajstić information content (AvgIpc) is 3.43. The standard InChI is InChI=1S/C68H131NO8/c1-3-5-7-9-11-13-15-17-19-21-23-25-26-27-28-29-30-31-32-33-34-35-36-38-40-42-44-46-48-50-52-54-56-58-64(72)69-61(60-76-68-67(75)66(74)65(73)63(59-70)77-68)62(71)57-55-53-51-49-47-45-43-41-39-37-24-22-20-18-16-14-12-10-8-6-4-2/h23,25,27-28,61-63,65-68,70-71,73-75H,3-22,24,26,29-60H2,1-2H3,(H,69,72)/b25-23-,28-27-. The van der Waals surface area contributed by atoms with Gasteiger partial charge in [0.05, 0.1) is 25.4 Å². The van der Waals surface area contributed by atoms with Gasteiger partial charge in [0.1, 0.15) is 24.4 Å². The van der Waals surface area contributed by atoms with Gasteiger partial charge in [-0.15, -0.1) is 0 Å². The van der Waals surface area contributed by atoms with Gasteiger partial charge in [-0.05, 0) is 44.9 Å². The van der Waals surface area contributed by atoms with E-state index in [2.05, 4.69) is 43.5 Å². The molecule has 7 atom stereocenters. The first-order valence-electron chi connectivity index (χ1n) is 34.0. The number of allylic oxidation sites excluding steroid dienone is 4. The maximum Gasteiger partial charge on any atom is 0.220 e. The van der Waals surface area contributed by atoms with Crippen molar-refractivity contribution in [1.82, 2.24) is 5.32 Å². The van der Waals surface area contributed by atoms with Crippen LogP contribution in [0, 0.1) is 0 Å². The van der Waals surface area contributed by atoms with Crippen molar-refractivity contribution in [3.8, 4) is 0 Å². The molecule has 0 aromatic rings. The van der Waals surface area contributed by atoms with Crippen molar-refractivity contribution in [3.63, 3.8) is 0 Å². The molecular weight excluding hydrogens is 959 g/mol. The Morgan fingerprint density at radius 3 is 1.12 bits per heavy atom. The third-order valence-corrected chi connectivity index (χ3v) is 16.6. The Morgan fingerprint density at radius 1 is 0.442 bits per heavy atom. The molecule has 0 saturated carbocycles. The molecule has 0 aliphatic carbocycles. The van der Waals surface area contributed by atoms with Gasteiger partial charge in [0.2, 0.25) is 5.91 Å². The molecule has 1 aliphatic heterocycles. The SMILES string of the molecule is CCCCCCCCCCC/C=C\C/C=C\CCCCCCCCCCCCCCCCCCCC(=O)NC(COC1OC(CO)C(O)C(O)C1O)C(O)CCCCCCCCCCCCCCCCCCCCCCC. The van der Waals surface area contributed by atoms with Crippen LogP contribution in [0.1, 0.15) is 348 Å². The van der Waals surface area contributed by atoms with Crippen molar-refractivity contribution >= 4 is 5.91 Å². The zero-order chi connectivity index (χ0) is 55.8. The molecule has 0 bridgehead atoms. The Labute approximate surface area is 477 Å². The first-order chi connectivity index (χ1) is 37.8. The van der Waals surface area contributed by atoms with E-state index in [1.54, 1.807) is 0 Å². The van der Waals surface area contributed by atoms with E-state index in [0.29, 0.717) is 12.8 Å². The minimum Gasteiger partial charge on any atom is -0.394 e. The molecule has 9 heteroatoms. The predicted molar refractivity (Wildman–Crippen MR) is 327 cm³/mol. The number of rotatable bonds is 60. The van der Waals surface area contributed by atoms with E-state index in [0.717, 1.165) is 44.9 Å². The zero-order valence-electron chi connectivity index (χ0n) is 51.0. The van der Waals surface area contributed by atoms with Crippen LogP contribution < -0.4 is 5.32 Å². The molecule has 0 aromatic carbocycles. The van der Waals surface area contributed by atoms with Gasteiger partial charge in [-0.1, -0.05) is 321 Å². The minimum atomic E-state index is -1.55. The second-order valence-corrected chi connectivity index (χ2v) is 24.0. The summed E-state index contributed by atoms with van der Waals surface area (Å²) in [5.74, 6) is -0.137. The average molecular weight is 1090 g/mol. The normalized spacial score (nSPS) is 18.8. The van der Waals surface area contributed by atoms with Gasteiger partial charge in [-0.25, -0.2) is 0 Å². The van der Waals surface area contributed by atoms with E-state index in [-0.39, 0.29) is 12.5 Å². The van der Waals surface area contributed by atoms with Gasteiger partial charge in [0.25, 0.3) is 0 Å². The number of hydrogen-bond acceptors (Lipinski definition) is 8. The second-order valence-electron chi connectivity index (χ2n) is 24.0. The lowest BCUT2D eigenvalue weighted by Gasteiger charge is -2.40. The van der Waals surface area contributed by atoms with Crippen LogP contribution in [0.15, 0.2) is 24.3 Å². The van der Waals surface area contributed by atoms with Crippen LogP contribution in [-0.4, -0.2) is 87.5 Å². The van der Waals surface area contributed by atoms with Crippen LogP contribution >= 0.6 is 0 Å². The van der Waals surface area contributed by atoms with E-state index in [4.69, 9.17) is 9.47 Å². The predicted octanol–water partition coefficient (Wildman–Crippen LogP) is 18.1. The molecule has 456 valence electrons. The fraction of sp³-hybridized carbons (Fsp3) is 0.926. The van der Waals surface area contributed by atoms with Crippen molar-refractivity contribution in [2.75, 3.05) is 13.2 Å². The Bertz CT molecular complexity index is 1260. The van der Waals surface area contributed by atoms with E-state index in [1.807, 2.05) is 0 Å². The molecule has 77 heavy (non-hydrogen) atoms. The summed E-state index contributed by atoms with van der Waals surface area (Å²) in [6.07, 6.45) is 68.1. The largest absolute Gasteiger partial charge is 0.394 e. The first-order valence-corrected chi connectivity index (χ1v) is 34.0. The molecule has 0 aromatic heterocycles. The maximum atomic E-state index is 13.1. The number of nitrogens with one attached hydrogen (secondary N) is 1. The van der Waals surface area contributed by atoms with E-state index in [1.165, 1.54) is 276 Å². The Balaban J connectivity index is 2.10. The molecule has 0 radical (unpaired) electrons. The van der Waals surface area contributed by atoms with Gasteiger partial charge in [0.15, 0.2) is 6.29 Å². The van der Waals surface area contributed by atoms with E-state index >= 15 is 0 Å². The Morgan fingerprint density at radius 2 is 0.766 bits per heavy atom. The monoisotopic (exact) mass is 1090 g/mol. The highest BCUT2D eigenvalue weighted by molar-refractivity contribution is 5.76. The fourth-order valence-electron chi connectivity index (χ4n) is 11.2. The van der Waals surface area contributed by atoms with Crippen LogP contribution in [0.2, 0.25) is 0 Å². The molecule has 1 aliphatic rings. The van der Waals surface area contributed by atoms with Crippen LogP contribution in [0.3, 0.4) is 0 Å². The molecule has 1 fully saturated rings. The highest BCUT2D eigenvalue weighted by Crippen LogP contribution is 2.24. The van der Waals surface area contributed by atoms with Crippen molar-refractivity contribution in [2.24, 2.45) is 0 Å². The summed E-state index contributed by atoms with van der Waals surface area (Å²) in [6, 6.07) is -0.718. The maximum absolute atomic E-state index is 13.1. The molecule has 7 unspecified atom stereocenters. The zero-order valence-corrected chi connectivity index (χ0v) is 51.0. The summed E-state index contributed by atoms with van der Waals surface area (Å²) in [5, 5.41) is 54.9. The smallest absolute Gasteiger partial charge is 0.220 e. The highest BCUT2D eigenvalue weighted by atomic mass is 16.7. The lowest BCUT2D eigenvalue weighted by Crippen LogP contribution is -2.60. The van der Waals surface area contributed by atoms with Crippen LogP contribution in [0.4, 0.5) is 0 Å². The molecule has 6 N–H and O–H groups in total. The third-order valence-electron chi connectivity index (χ3n) is 16.6. The molecule has 1 saturated heterocycles. The number of unbranched alkanes of at least 4 members (excludes halogenated alkanes) is 46. The Kier molecular flexibility index (Phi) is 55.4. The quantitative estimate of drug-likeness (QED) is 0.0261. The molecule has 1 amide bonds. The number of aliphatic hydroxyl groups excluding tert-OH is 5. The second kappa shape index (κ2) is 57.9. The van der Waals surface area contributed by atoms with Crippen molar-refractivity contribution < 1.29 is 39.8 Å². The van der Waals surface area contributed by atoms with Crippen LogP contribution in [0.5, 0.6) is 0 Å². The topological polar surface area (TPSA) is 149 Å². The van der Waals surface area contributed by atoms with Crippen LogP contribution in [0.25, 0.3) is 0 Å². The third kappa shape index (κ3) is 46.9. The van der Waals surface area contributed by atoms with Gasteiger partial charge < -0.3 is 40.3 Å². The summed E-state index contributed by atoms with van der Waals surface area (Å²) in [5.41, 5.74) is 0. The van der Waals surface area contributed by atoms with Gasteiger partial charge in [-0.3, -0.25) is 4.79 Å².